The van der Waals surface area contributed by atoms with Crippen LogP contribution in [0.25, 0.3) is 0 Å². The fourth-order valence-corrected chi connectivity index (χ4v) is 3.25. The Hall–Kier alpha value is -2.38. The van der Waals surface area contributed by atoms with Crippen molar-refractivity contribution in [1.82, 2.24) is 0 Å². The first kappa shape index (κ1) is 32.8. The molecule has 0 aromatic carbocycles. The number of unbranched alkanes of at least 4 members (excludes halogenated alkanes) is 10. The van der Waals surface area contributed by atoms with Gasteiger partial charge in [-0.25, -0.2) is 0 Å². The maximum Gasteiger partial charge on any atom is 0.310 e. The lowest BCUT2D eigenvalue weighted by Crippen LogP contribution is -2.17. The second kappa shape index (κ2) is 22.8. The van der Waals surface area contributed by atoms with Gasteiger partial charge < -0.3 is 20.4 Å². The lowest BCUT2D eigenvalue weighted by molar-refractivity contribution is -0.148. The van der Waals surface area contributed by atoms with Crippen molar-refractivity contribution in [3.8, 4) is 0 Å². The van der Waals surface area contributed by atoms with Crippen LogP contribution in [-0.2, 0) is 19.2 Å². The molecular formula is C25H44O8. The number of carboxylic acids is 4. The summed E-state index contributed by atoms with van der Waals surface area (Å²) in [6.45, 7) is 4.30. The van der Waals surface area contributed by atoms with E-state index in [0.717, 1.165) is 38.5 Å². The van der Waals surface area contributed by atoms with Crippen LogP contribution in [-0.4, -0.2) is 44.3 Å². The smallest absolute Gasteiger partial charge is 0.310 e. The molecule has 192 valence electrons. The Kier molecular flexibility index (Phi) is 22.7. The summed E-state index contributed by atoms with van der Waals surface area (Å²) in [4.78, 5) is 42.3. The minimum Gasteiger partial charge on any atom is -0.481 e. The minimum absolute atomic E-state index is 0.259. The van der Waals surface area contributed by atoms with Crippen molar-refractivity contribution in [2.45, 2.75) is 110 Å². The Morgan fingerprint density at radius 3 is 1.58 bits per heavy atom. The standard InChI is InChI=1S/C13H24O4.C12H20O4/c1-2-3-4-5-6-7-8-9-11(13(16)17)10-12(14)15;1-2-3-4-5-6-7-8-10(12(15)16)9-11(13)14/h11H,2-10H2,1H3,(H,14,15)(H,16,17);7-8,10H,2-6,9H2,1H3,(H,13,14)(H,15,16). The van der Waals surface area contributed by atoms with Gasteiger partial charge in [-0.2, -0.15) is 0 Å². The van der Waals surface area contributed by atoms with E-state index in [9.17, 15) is 19.2 Å². The van der Waals surface area contributed by atoms with E-state index < -0.39 is 35.7 Å². The van der Waals surface area contributed by atoms with E-state index >= 15 is 0 Å². The summed E-state index contributed by atoms with van der Waals surface area (Å²) in [7, 11) is 0. The number of hydrogen-bond acceptors (Lipinski definition) is 4. The third kappa shape index (κ3) is 24.1. The molecule has 4 N–H and O–H groups in total. The molecule has 0 saturated carbocycles. The first-order chi connectivity index (χ1) is 15.6. The topological polar surface area (TPSA) is 149 Å². The minimum atomic E-state index is -1.08. The first-order valence-electron chi connectivity index (χ1n) is 12.2. The third-order valence-electron chi connectivity index (χ3n) is 5.23. The van der Waals surface area contributed by atoms with Gasteiger partial charge in [0.15, 0.2) is 0 Å². The highest BCUT2D eigenvalue weighted by molar-refractivity contribution is 5.79. The maximum atomic E-state index is 10.8. The molecule has 8 nitrogen and oxygen atoms in total. The highest BCUT2D eigenvalue weighted by Gasteiger charge is 2.20. The molecule has 2 unspecified atom stereocenters. The van der Waals surface area contributed by atoms with Gasteiger partial charge in [-0.15, -0.1) is 0 Å². The normalized spacial score (nSPS) is 12.5. The molecule has 0 aliphatic heterocycles. The summed E-state index contributed by atoms with van der Waals surface area (Å²) < 4.78 is 0. The molecule has 0 amide bonds. The molecular weight excluding hydrogens is 428 g/mol. The molecule has 0 rings (SSSR count). The SMILES string of the molecule is CCCCCCC=CC(CC(=O)O)C(=O)O.CCCCCCCCCC(CC(=O)O)C(=O)O. The second-order valence-electron chi connectivity index (χ2n) is 8.36. The van der Waals surface area contributed by atoms with Gasteiger partial charge in [0.2, 0.25) is 0 Å². The van der Waals surface area contributed by atoms with Crippen molar-refractivity contribution < 1.29 is 39.6 Å². The van der Waals surface area contributed by atoms with Gasteiger partial charge in [-0.3, -0.25) is 19.2 Å². The monoisotopic (exact) mass is 472 g/mol. The predicted octanol–water partition coefficient (Wildman–Crippen LogP) is 5.99. The van der Waals surface area contributed by atoms with Gasteiger partial charge in [-0.05, 0) is 19.3 Å². The van der Waals surface area contributed by atoms with Gasteiger partial charge >= 0.3 is 23.9 Å². The lowest BCUT2D eigenvalue weighted by Gasteiger charge is -2.09. The molecule has 2 atom stereocenters. The molecule has 0 saturated heterocycles. The van der Waals surface area contributed by atoms with Crippen LogP contribution in [0.3, 0.4) is 0 Å². The number of rotatable bonds is 20. The van der Waals surface area contributed by atoms with E-state index in [4.69, 9.17) is 20.4 Å². The lowest BCUT2D eigenvalue weighted by atomic mass is 9.97. The molecule has 0 spiro atoms. The molecule has 0 bridgehead atoms. The first-order valence-corrected chi connectivity index (χ1v) is 12.2. The molecule has 0 radical (unpaired) electrons. The van der Waals surface area contributed by atoms with Crippen LogP contribution < -0.4 is 0 Å². The Balaban J connectivity index is 0. The van der Waals surface area contributed by atoms with Gasteiger partial charge in [0.05, 0.1) is 24.7 Å². The van der Waals surface area contributed by atoms with E-state index in [0.29, 0.717) is 6.42 Å². The Bertz CT molecular complexity index is 571. The summed E-state index contributed by atoms with van der Waals surface area (Å²) in [5.41, 5.74) is 0. The van der Waals surface area contributed by atoms with Gasteiger partial charge in [0.1, 0.15) is 0 Å². The Labute approximate surface area is 198 Å². The molecule has 33 heavy (non-hydrogen) atoms. The molecule has 0 aromatic heterocycles. The van der Waals surface area contributed by atoms with Crippen molar-refractivity contribution >= 4 is 23.9 Å². The number of hydrogen-bond donors (Lipinski definition) is 4. The quantitative estimate of drug-likeness (QED) is 0.125. The van der Waals surface area contributed by atoms with Crippen LogP contribution in [0.4, 0.5) is 0 Å². The van der Waals surface area contributed by atoms with Crippen LogP contribution >= 0.6 is 0 Å². The second-order valence-corrected chi connectivity index (χ2v) is 8.36. The van der Waals surface area contributed by atoms with Gasteiger partial charge in [0, 0.05) is 0 Å². The van der Waals surface area contributed by atoms with Crippen LogP contribution in [0, 0.1) is 11.8 Å². The van der Waals surface area contributed by atoms with Crippen molar-refractivity contribution in [3.05, 3.63) is 12.2 Å². The highest BCUT2D eigenvalue weighted by atomic mass is 16.4. The van der Waals surface area contributed by atoms with Crippen LogP contribution in [0.2, 0.25) is 0 Å². The molecule has 0 aliphatic rings. The highest BCUT2D eigenvalue weighted by Crippen LogP contribution is 2.16. The van der Waals surface area contributed by atoms with E-state index in [1.54, 1.807) is 6.08 Å². The third-order valence-corrected chi connectivity index (χ3v) is 5.23. The summed E-state index contributed by atoms with van der Waals surface area (Å²) in [6, 6.07) is 0. The van der Waals surface area contributed by atoms with Gasteiger partial charge in [-0.1, -0.05) is 90.2 Å². The molecule has 0 fully saturated rings. The fraction of sp³-hybridized carbons (Fsp3) is 0.760. The summed E-state index contributed by atoms with van der Waals surface area (Å²) in [6.07, 6.45) is 16.4. The number of aliphatic carboxylic acids is 4. The Morgan fingerprint density at radius 1 is 0.636 bits per heavy atom. The maximum absolute atomic E-state index is 10.8. The zero-order valence-electron chi connectivity index (χ0n) is 20.3. The van der Waals surface area contributed by atoms with Crippen molar-refractivity contribution in [1.29, 1.82) is 0 Å². The number of carboxylic acid groups (broad SMARTS) is 4. The fourth-order valence-electron chi connectivity index (χ4n) is 3.25. The number of carbonyl (C=O) groups is 4. The van der Waals surface area contributed by atoms with E-state index in [1.807, 2.05) is 0 Å². The molecule has 8 heteroatoms. The van der Waals surface area contributed by atoms with Crippen LogP contribution in [0.15, 0.2) is 12.2 Å². The van der Waals surface area contributed by atoms with E-state index in [1.165, 1.54) is 44.6 Å². The zero-order chi connectivity index (χ0) is 25.5. The van der Waals surface area contributed by atoms with Crippen LogP contribution in [0.1, 0.15) is 110 Å². The largest absolute Gasteiger partial charge is 0.481 e. The average Bonchev–Trinajstić information content (AvgIpc) is 2.73. The summed E-state index contributed by atoms with van der Waals surface area (Å²) in [5.74, 6) is -5.79. The molecule has 0 heterocycles. The molecule has 0 aromatic rings. The van der Waals surface area contributed by atoms with E-state index in [-0.39, 0.29) is 12.8 Å². The van der Waals surface area contributed by atoms with E-state index in [2.05, 4.69) is 13.8 Å². The summed E-state index contributed by atoms with van der Waals surface area (Å²) >= 11 is 0. The van der Waals surface area contributed by atoms with Crippen molar-refractivity contribution in [3.63, 3.8) is 0 Å². The summed E-state index contributed by atoms with van der Waals surface area (Å²) in [5, 5.41) is 34.7. The predicted molar refractivity (Wildman–Crippen MR) is 127 cm³/mol. The number of allylic oxidation sites excluding steroid dienone is 1. The van der Waals surface area contributed by atoms with Crippen molar-refractivity contribution in [2.24, 2.45) is 11.8 Å². The van der Waals surface area contributed by atoms with Gasteiger partial charge in [0.25, 0.3) is 0 Å². The van der Waals surface area contributed by atoms with Crippen molar-refractivity contribution in [2.75, 3.05) is 0 Å². The average molecular weight is 473 g/mol. The van der Waals surface area contributed by atoms with Crippen LogP contribution in [0.5, 0.6) is 0 Å². The molecule has 0 aliphatic carbocycles. The Morgan fingerprint density at radius 2 is 1.12 bits per heavy atom. The zero-order valence-corrected chi connectivity index (χ0v) is 20.3.